The summed E-state index contributed by atoms with van der Waals surface area (Å²) in [6.07, 6.45) is 1.62. The number of hydrogen-bond acceptors (Lipinski definition) is 5. The second-order valence-electron chi connectivity index (χ2n) is 9.07. The molecule has 0 saturated carbocycles. The fraction of sp³-hybridized carbons (Fsp3) is 0.320. The molecule has 0 amide bonds. The van der Waals surface area contributed by atoms with Crippen LogP contribution >= 0.6 is 0 Å². The molecular formula is C25H29N7O2. The molecule has 0 atom stereocenters. The minimum atomic E-state index is -0.252. The first-order valence-corrected chi connectivity index (χ1v) is 11.4. The van der Waals surface area contributed by atoms with Crippen molar-refractivity contribution in [1.82, 2.24) is 24.6 Å². The highest BCUT2D eigenvalue weighted by Gasteiger charge is 2.19. The van der Waals surface area contributed by atoms with Gasteiger partial charge in [-0.2, -0.15) is 0 Å². The average molecular weight is 460 g/mol. The smallest absolute Gasteiger partial charge is 0.323 e. The molecule has 2 aromatic carbocycles. The summed E-state index contributed by atoms with van der Waals surface area (Å²) in [5.41, 5.74) is 7.02. The Kier molecular flexibility index (Phi) is 5.49. The van der Waals surface area contributed by atoms with Gasteiger partial charge in [0, 0.05) is 38.1 Å². The van der Waals surface area contributed by atoms with Crippen LogP contribution in [0.5, 0.6) is 0 Å². The summed E-state index contributed by atoms with van der Waals surface area (Å²) in [5, 5.41) is 3.17. The van der Waals surface area contributed by atoms with Gasteiger partial charge < -0.3 is 19.8 Å². The lowest BCUT2D eigenvalue weighted by atomic mass is 10.1. The summed E-state index contributed by atoms with van der Waals surface area (Å²) in [6, 6.07) is 9.76. The first-order valence-electron chi connectivity index (χ1n) is 11.4. The van der Waals surface area contributed by atoms with Gasteiger partial charge in [-0.1, -0.05) is 6.07 Å². The summed E-state index contributed by atoms with van der Waals surface area (Å²) in [6.45, 7) is 9.57. The van der Waals surface area contributed by atoms with Gasteiger partial charge in [-0.05, 0) is 63.2 Å². The number of rotatable bonds is 4. The van der Waals surface area contributed by atoms with Crippen molar-refractivity contribution in [3.8, 4) is 5.69 Å². The number of aromatic nitrogens is 4. The third-order valence-electron chi connectivity index (χ3n) is 6.65. The Morgan fingerprint density at radius 1 is 0.912 bits per heavy atom. The van der Waals surface area contributed by atoms with Crippen LogP contribution in [0.4, 0.5) is 11.4 Å². The van der Waals surface area contributed by atoms with Gasteiger partial charge in [-0.25, -0.2) is 9.48 Å². The molecule has 176 valence electrons. The van der Waals surface area contributed by atoms with E-state index in [1.165, 1.54) is 5.56 Å². The maximum atomic E-state index is 13.2. The first-order chi connectivity index (χ1) is 16.3. The van der Waals surface area contributed by atoms with Gasteiger partial charge in [0.2, 0.25) is 0 Å². The van der Waals surface area contributed by atoms with Crippen molar-refractivity contribution in [2.75, 3.05) is 38.1 Å². The second kappa shape index (κ2) is 8.49. The molecule has 9 heteroatoms. The van der Waals surface area contributed by atoms with E-state index in [1.54, 1.807) is 10.9 Å². The largest absolute Gasteiger partial charge is 0.367 e. The molecule has 9 nitrogen and oxygen atoms in total. The number of nitrogens with one attached hydrogen (secondary N) is 3. The van der Waals surface area contributed by atoms with E-state index in [0.717, 1.165) is 54.3 Å². The van der Waals surface area contributed by atoms with Crippen LogP contribution in [0.2, 0.25) is 0 Å². The molecular weight excluding hydrogens is 430 g/mol. The summed E-state index contributed by atoms with van der Waals surface area (Å²) in [7, 11) is 2.11. The highest BCUT2D eigenvalue weighted by atomic mass is 16.1. The molecule has 0 bridgehead atoms. The molecule has 5 rings (SSSR count). The zero-order valence-electron chi connectivity index (χ0n) is 19.9. The molecule has 0 aliphatic carbocycles. The quantitative estimate of drug-likeness (QED) is 0.408. The topological polar surface area (TPSA) is 105 Å². The number of nitrogens with zero attached hydrogens (tertiary/aromatic N) is 4. The van der Waals surface area contributed by atoms with Crippen molar-refractivity contribution >= 4 is 28.6 Å². The zero-order chi connectivity index (χ0) is 24.0. The number of aryl methyl sites for hydroxylation is 3. The predicted molar refractivity (Wildman–Crippen MR) is 136 cm³/mol. The molecule has 1 fully saturated rings. The number of likely N-dealkylation sites (N-methyl/N-ethyl adjacent to an activating group) is 1. The Morgan fingerprint density at radius 2 is 1.62 bits per heavy atom. The van der Waals surface area contributed by atoms with Crippen molar-refractivity contribution in [2.45, 2.75) is 20.8 Å². The first kappa shape index (κ1) is 22.0. The van der Waals surface area contributed by atoms with Gasteiger partial charge in [-0.15, -0.1) is 0 Å². The Balaban J connectivity index is 1.56. The maximum Gasteiger partial charge on any atom is 0.323 e. The van der Waals surface area contributed by atoms with Crippen molar-refractivity contribution in [2.24, 2.45) is 4.99 Å². The fourth-order valence-corrected chi connectivity index (χ4v) is 4.36. The number of aromatic amines is 3. The number of aliphatic imine (C=N–C) groups is 1. The number of anilines is 1. The number of H-pyrrole nitrogens is 3. The maximum absolute atomic E-state index is 13.2. The third kappa shape index (κ3) is 3.99. The third-order valence-corrected chi connectivity index (χ3v) is 6.65. The molecule has 1 aliphatic heterocycles. The number of fused-ring (bicyclic) bond motifs is 1. The van der Waals surface area contributed by atoms with E-state index in [2.05, 4.69) is 31.9 Å². The van der Waals surface area contributed by atoms with Crippen LogP contribution < -0.4 is 16.1 Å². The van der Waals surface area contributed by atoms with Crippen molar-refractivity contribution < 1.29 is 0 Å². The second-order valence-corrected chi connectivity index (χ2v) is 9.07. The van der Waals surface area contributed by atoms with Crippen LogP contribution in [-0.2, 0) is 0 Å². The number of imidazole rings is 1. The summed E-state index contributed by atoms with van der Waals surface area (Å²) in [5.74, 6) is 0. The van der Waals surface area contributed by atoms with Gasteiger partial charge >= 0.3 is 5.69 Å². The number of hydrogen-bond donors (Lipinski definition) is 3. The lowest BCUT2D eigenvalue weighted by Crippen LogP contribution is -2.44. The van der Waals surface area contributed by atoms with Crippen molar-refractivity contribution in [3.63, 3.8) is 0 Å². The molecule has 3 heterocycles. The normalized spacial score (nSPS) is 15.1. The van der Waals surface area contributed by atoms with Crippen LogP contribution in [0.1, 0.15) is 22.4 Å². The van der Waals surface area contributed by atoms with Crippen LogP contribution in [0, 0.1) is 20.8 Å². The number of benzene rings is 2. The van der Waals surface area contributed by atoms with Gasteiger partial charge in [0.1, 0.15) is 0 Å². The molecule has 0 unspecified atom stereocenters. The lowest BCUT2D eigenvalue weighted by Gasteiger charge is -2.34. The van der Waals surface area contributed by atoms with Gasteiger partial charge in [0.15, 0.2) is 0 Å². The summed E-state index contributed by atoms with van der Waals surface area (Å²) in [4.78, 5) is 40.0. The molecule has 0 spiro atoms. The monoisotopic (exact) mass is 459 g/mol. The molecule has 3 N–H and O–H groups in total. The lowest BCUT2D eigenvalue weighted by molar-refractivity contribution is 0.313. The molecule has 34 heavy (non-hydrogen) atoms. The average Bonchev–Trinajstić information content (AvgIpc) is 3.31. The molecule has 4 aromatic rings. The fourth-order valence-electron chi connectivity index (χ4n) is 4.36. The number of piperazine rings is 1. The van der Waals surface area contributed by atoms with Gasteiger partial charge in [0.25, 0.3) is 5.56 Å². The molecule has 0 radical (unpaired) electrons. The van der Waals surface area contributed by atoms with E-state index in [4.69, 9.17) is 4.99 Å². The zero-order valence-corrected chi connectivity index (χ0v) is 19.9. The van der Waals surface area contributed by atoms with Crippen LogP contribution in [0.15, 0.2) is 44.9 Å². The van der Waals surface area contributed by atoms with Crippen LogP contribution in [0.25, 0.3) is 16.7 Å². The Hall–Kier alpha value is -3.85. The van der Waals surface area contributed by atoms with E-state index in [0.29, 0.717) is 16.8 Å². The SMILES string of the molecule is Cc1ccc(-n2[nH]c(C)c(C=Nc3cc4[nH]c(=O)[nH]c4cc3N3CCN(C)CC3)c2=O)cc1C. The Morgan fingerprint density at radius 3 is 2.32 bits per heavy atom. The standard InChI is InChI=1S/C25H29N7O2/c1-15-5-6-18(11-16(15)2)32-24(33)19(17(3)29-32)14-26-22-12-20-21(28-25(34)27-20)13-23(22)31-9-7-30(4)8-10-31/h5-6,11-14,29H,7-10H2,1-4H3,(H2,27,28,34). The van der Waals surface area contributed by atoms with E-state index in [9.17, 15) is 9.59 Å². The van der Waals surface area contributed by atoms with Crippen LogP contribution in [0.3, 0.4) is 0 Å². The minimum absolute atomic E-state index is 0.151. The predicted octanol–water partition coefficient (Wildman–Crippen LogP) is 2.76. The van der Waals surface area contributed by atoms with E-state index in [-0.39, 0.29) is 11.2 Å². The Bertz CT molecular complexity index is 1510. The van der Waals surface area contributed by atoms with E-state index >= 15 is 0 Å². The minimum Gasteiger partial charge on any atom is -0.367 e. The van der Waals surface area contributed by atoms with Crippen molar-refractivity contribution in [3.05, 3.63) is 73.6 Å². The van der Waals surface area contributed by atoms with E-state index < -0.39 is 0 Å². The van der Waals surface area contributed by atoms with Crippen molar-refractivity contribution in [1.29, 1.82) is 0 Å². The molecule has 2 aromatic heterocycles. The highest BCUT2D eigenvalue weighted by molar-refractivity contribution is 5.91. The van der Waals surface area contributed by atoms with Gasteiger partial charge in [0.05, 0.1) is 33.7 Å². The van der Waals surface area contributed by atoms with E-state index in [1.807, 2.05) is 51.1 Å². The molecule has 1 saturated heterocycles. The van der Waals surface area contributed by atoms with Crippen LogP contribution in [-0.4, -0.2) is 64.1 Å². The molecule has 1 aliphatic rings. The Labute approximate surface area is 196 Å². The highest BCUT2D eigenvalue weighted by Crippen LogP contribution is 2.32. The summed E-state index contributed by atoms with van der Waals surface area (Å²) >= 11 is 0. The summed E-state index contributed by atoms with van der Waals surface area (Å²) < 4.78 is 1.55. The van der Waals surface area contributed by atoms with Gasteiger partial charge in [-0.3, -0.25) is 14.9 Å².